The molecule has 6 nitrogen and oxygen atoms in total. The number of likely N-dealkylation sites (tertiary alicyclic amines) is 1. The van der Waals surface area contributed by atoms with Crippen LogP contribution in [0.15, 0.2) is 18.3 Å². The molecule has 1 fully saturated rings. The number of ether oxygens (including phenoxy) is 1. The molecule has 2 rings (SSSR count). The van der Waals surface area contributed by atoms with E-state index < -0.39 is 5.60 Å². The first-order chi connectivity index (χ1) is 12.7. The van der Waals surface area contributed by atoms with E-state index in [2.05, 4.69) is 23.7 Å². The van der Waals surface area contributed by atoms with Gasteiger partial charge in [-0.3, -0.25) is 4.79 Å². The first-order valence-electron chi connectivity index (χ1n) is 10.1. The van der Waals surface area contributed by atoms with Gasteiger partial charge in [-0.15, -0.1) is 0 Å². The molecule has 2 heterocycles. The first kappa shape index (κ1) is 21.3. The van der Waals surface area contributed by atoms with Crippen LogP contribution in [0, 0.1) is 5.92 Å². The summed E-state index contributed by atoms with van der Waals surface area (Å²) in [5, 5.41) is 3.03. The second kappa shape index (κ2) is 9.29. The van der Waals surface area contributed by atoms with Crippen molar-refractivity contribution >= 4 is 12.0 Å². The second-order valence-corrected chi connectivity index (χ2v) is 8.79. The van der Waals surface area contributed by atoms with Gasteiger partial charge in [0.15, 0.2) is 0 Å². The molecule has 0 atom stereocenters. The largest absolute Gasteiger partial charge is 0.444 e. The molecule has 152 valence electrons. The monoisotopic (exact) mass is 377 g/mol. The molecule has 0 aliphatic carbocycles. The zero-order valence-corrected chi connectivity index (χ0v) is 17.5. The summed E-state index contributed by atoms with van der Waals surface area (Å²) >= 11 is 0. The van der Waals surface area contributed by atoms with Gasteiger partial charge in [0.25, 0.3) is 5.91 Å². The average molecular weight is 378 g/mol. The molecule has 2 amide bonds. The Morgan fingerprint density at radius 2 is 1.93 bits per heavy atom. The number of carbonyl (C=O) groups is 2. The summed E-state index contributed by atoms with van der Waals surface area (Å²) in [4.78, 5) is 26.5. The average Bonchev–Trinajstić information content (AvgIpc) is 3.07. The second-order valence-electron chi connectivity index (χ2n) is 8.79. The van der Waals surface area contributed by atoms with Crippen molar-refractivity contribution in [2.75, 3.05) is 19.6 Å². The maximum absolute atomic E-state index is 12.5. The van der Waals surface area contributed by atoms with Gasteiger partial charge >= 0.3 is 6.09 Å². The van der Waals surface area contributed by atoms with Crippen molar-refractivity contribution in [3.8, 4) is 0 Å². The number of nitrogens with one attached hydrogen (secondary N) is 1. The van der Waals surface area contributed by atoms with Crippen LogP contribution in [0.25, 0.3) is 0 Å². The van der Waals surface area contributed by atoms with Crippen LogP contribution in [0.1, 0.15) is 76.8 Å². The minimum Gasteiger partial charge on any atom is -0.444 e. The molecule has 1 aliphatic rings. The van der Waals surface area contributed by atoms with Gasteiger partial charge in [-0.05, 0) is 64.5 Å². The molecule has 0 saturated carbocycles. The fourth-order valence-electron chi connectivity index (χ4n) is 3.36. The van der Waals surface area contributed by atoms with E-state index in [0.29, 0.717) is 31.2 Å². The lowest BCUT2D eigenvalue weighted by Crippen LogP contribution is -2.42. The molecule has 1 aromatic heterocycles. The number of aromatic nitrogens is 1. The predicted octanol–water partition coefficient (Wildman–Crippen LogP) is 4.23. The van der Waals surface area contributed by atoms with E-state index in [-0.39, 0.29) is 18.0 Å². The summed E-state index contributed by atoms with van der Waals surface area (Å²) in [5.74, 6) is 0.638. The van der Waals surface area contributed by atoms with Gasteiger partial charge in [-0.1, -0.05) is 13.8 Å². The predicted molar refractivity (Wildman–Crippen MR) is 107 cm³/mol. The topological polar surface area (TPSA) is 63.6 Å². The Labute approximate surface area is 163 Å². The van der Waals surface area contributed by atoms with Gasteiger partial charge in [-0.2, -0.15) is 0 Å². The Kier molecular flexibility index (Phi) is 7.33. The maximum Gasteiger partial charge on any atom is 0.410 e. The fourth-order valence-corrected chi connectivity index (χ4v) is 3.36. The van der Waals surface area contributed by atoms with Crippen molar-refractivity contribution in [1.29, 1.82) is 0 Å². The Bertz CT molecular complexity index is 623. The molecular weight excluding hydrogens is 342 g/mol. The number of nitrogens with zero attached hydrogens (tertiary/aromatic N) is 2. The number of carbonyl (C=O) groups excluding carboxylic acids is 2. The van der Waals surface area contributed by atoms with Gasteiger partial charge in [-0.25, -0.2) is 4.79 Å². The van der Waals surface area contributed by atoms with Crippen molar-refractivity contribution < 1.29 is 14.3 Å². The lowest BCUT2D eigenvalue weighted by molar-refractivity contribution is 0.0187. The van der Waals surface area contributed by atoms with Gasteiger partial charge in [0.2, 0.25) is 0 Å². The minimum atomic E-state index is -0.477. The van der Waals surface area contributed by atoms with E-state index in [4.69, 9.17) is 4.74 Å². The molecule has 0 spiro atoms. The van der Waals surface area contributed by atoms with Crippen molar-refractivity contribution in [1.82, 2.24) is 14.8 Å². The van der Waals surface area contributed by atoms with Crippen LogP contribution in [-0.4, -0.2) is 46.7 Å². The van der Waals surface area contributed by atoms with Gasteiger partial charge < -0.3 is 19.5 Å². The summed E-state index contributed by atoms with van der Waals surface area (Å²) in [5.41, 5.74) is 0.227. The Hall–Kier alpha value is -1.98. The zero-order chi connectivity index (χ0) is 20.0. The van der Waals surface area contributed by atoms with Gasteiger partial charge in [0.05, 0.1) is 0 Å². The molecular formula is C21H35N3O3. The SMILES string of the molecule is CC(C)CCCNC(=O)c1cccn1C1CCN(C(=O)OC(C)(C)C)CC1. The summed E-state index contributed by atoms with van der Waals surface area (Å²) in [6.45, 7) is 12.0. The Balaban J connectivity index is 1.87. The lowest BCUT2D eigenvalue weighted by atomic mass is 10.0. The molecule has 0 bridgehead atoms. The molecule has 0 radical (unpaired) electrons. The molecule has 1 aromatic rings. The highest BCUT2D eigenvalue weighted by atomic mass is 16.6. The van der Waals surface area contributed by atoms with Crippen LogP contribution in [0.3, 0.4) is 0 Å². The summed E-state index contributed by atoms with van der Waals surface area (Å²) in [7, 11) is 0. The van der Waals surface area contributed by atoms with E-state index in [9.17, 15) is 9.59 Å². The fraction of sp³-hybridized carbons (Fsp3) is 0.714. The number of piperidine rings is 1. The number of rotatable bonds is 6. The van der Waals surface area contributed by atoms with Gasteiger partial charge in [0, 0.05) is 31.9 Å². The highest BCUT2D eigenvalue weighted by molar-refractivity contribution is 5.92. The van der Waals surface area contributed by atoms with Crippen LogP contribution < -0.4 is 5.32 Å². The third-order valence-electron chi connectivity index (χ3n) is 4.76. The molecule has 27 heavy (non-hydrogen) atoms. The Morgan fingerprint density at radius 3 is 2.52 bits per heavy atom. The summed E-state index contributed by atoms with van der Waals surface area (Å²) in [6.07, 6.45) is 5.47. The molecule has 0 aromatic carbocycles. The number of amides is 2. The van der Waals surface area contributed by atoms with Crippen molar-refractivity contribution in [3.05, 3.63) is 24.0 Å². The van der Waals surface area contributed by atoms with Crippen LogP contribution in [0.4, 0.5) is 4.79 Å². The minimum absolute atomic E-state index is 0.0154. The van der Waals surface area contributed by atoms with E-state index in [1.165, 1.54) is 0 Å². The third kappa shape index (κ3) is 6.60. The third-order valence-corrected chi connectivity index (χ3v) is 4.76. The molecule has 1 aliphatic heterocycles. The van der Waals surface area contributed by atoms with Crippen molar-refractivity contribution in [2.24, 2.45) is 5.92 Å². The van der Waals surface area contributed by atoms with Crippen molar-refractivity contribution in [2.45, 2.75) is 71.9 Å². The van der Waals surface area contributed by atoms with Crippen LogP contribution >= 0.6 is 0 Å². The maximum atomic E-state index is 12.5. The molecule has 1 saturated heterocycles. The highest BCUT2D eigenvalue weighted by Gasteiger charge is 2.28. The lowest BCUT2D eigenvalue weighted by Gasteiger charge is -2.34. The first-order valence-corrected chi connectivity index (χ1v) is 10.1. The molecule has 1 N–H and O–H groups in total. The van der Waals surface area contributed by atoms with Crippen LogP contribution in [0.2, 0.25) is 0 Å². The van der Waals surface area contributed by atoms with E-state index in [1.807, 2.05) is 39.1 Å². The standard InChI is InChI=1S/C21H35N3O3/c1-16(2)8-6-12-22-19(25)18-9-7-13-24(18)17-10-14-23(15-11-17)20(26)27-21(3,4)5/h7,9,13,16-17H,6,8,10-12,14-15H2,1-5H3,(H,22,25). The van der Waals surface area contributed by atoms with Gasteiger partial charge in [0.1, 0.15) is 11.3 Å². The zero-order valence-electron chi connectivity index (χ0n) is 17.5. The van der Waals surface area contributed by atoms with Crippen LogP contribution in [0.5, 0.6) is 0 Å². The Morgan fingerprint density at radius 1 is 1.26 bits per heavy atom. The quantitative estimate of drug-likeness (QED) is 0.755. The van der Waals surface area contributed by atoms with E-state index in [1.54, 1.807) is 4.90 Å². The number of hydrogen-bond donors (Lipinski definition) is 1. The van der Waals surface area contributed by atoms with Crippen LogP contribution in [-0.2, 0) is 4.74 Å². The normalized spacial score (nSPS) is 15.9. The summed E-state index contributed by atoms with van der Waals surface area (Å²) in [6, 6.07) is 4.02. The van der Waals surface area contributed by atoms with E-state index >= 15 is 0 Å². The molecule has 6 heteroatoms. The smallest absolute Gasteiger partial charge is 0.410 e. The summed E-state index contributed by atoms with van der Waals surface area (Å²) < 4.78 is 7.51. The number of hydrogen-bond acceptors (Lipinski definition) is 3. The highest BCUT2D eigenvalue weighted by Crippen LogP contribution is 2.25. The van der Waals surface area contributed by atoms with E-state index in [0.717, 1.165) is 25.7 Å². The van der Waals surface area contributed by atoms with Crippen molar-refractivity contribution in [3.63, 3.8) is 0 Å². The molecule has 0 unspecified atom stereocenters.